The van der Waals surface area contributed by atoms with E-state index in [9.17, 15) is 5.11 Å². The molecule has 0 saturated carbocycles. The number of phenols is 1. The molecule has 0 saturated heterocycles. The molecular weight excluding hydrogens is 174 g/mol. The molecule has 0 bridgehead atoms. The number of aromatic hydroxyl groups is 1. The lowest BCUT2D eigenvalue weighted by molar-refractivity contribution is 0.477. The maximum Gasteiger partial charge on any atom is 0.123 e. The highest BCUT2D eigenvalue weighted by Crippen LogP contribution is 2.28. The van der Waals surface area contributed by atoms with Gasteiger partial charge in [0.2, 0.25) is 0 Å². The topological polar surface area (TPSA) is 33.1 Å². The van der Waals surface area contributed by atoms with Gasteiger partial charge in [-0.3, -0.25) is 4.98 Å². The van der Waals surface area contributed by atoms with Gasteiger partial charge in [-0.15, -0.1) is 0 Å². The Morgan fingerprint density at radius 1 is 1.14 bits per heavy atom. The standard InChI is InChI=1S/C12H11NO/c1-9-8-10(6-7-13-9)11-4-2-3-5-12(11)14/h2-8,14H,1H3. The second kappa shape index (κ2) is 3.50. The van der Waals surface area contributed by atoms with Crippen LogP contribution >= 0.6 is 0 Å². The SMILES string of the molecule is Cc1cc(-c2ccccc2O)ccn1. The van der Waals surface area contributed by atoms with Crippen molar-refractivity contribution < 1.29 is 5.11 Å². The van der Waals surface area contributed by atoms with E-state index in [1.54, 1.807) is 12.3 Å². The highest BCUT2D eigenvalue weighted by molar-refractivity contribution is 5.69. The van der Waals surface area contributed by atoms with Crippen molar-refractivity contribution >= 4 is 0 Å². The number of phenolic OH excluding ortho intramolecular Hbond substituents is 1. The van der Waals surface area contributed by atoms with E-state index in [0.717, 1.165) is 16.8 Å². The molecule has 1 aromatic heterocycles. The molecule has 2 aromatic rings. The monoisotopic (exact) mass is 185 g/mol. The minimum absolute atomic E-state index is 0.304. The minimum atomic E-state index is 0.304. The third kappa shape index (κ3) is 1.59. The summed E-state index contributed by atoms with van der Waals surface area (Å²) >= 11 is 0. The number of hydrogen-bond acceptors (Lipinski definition) is 2. The summed E-state index contributed by atoms with van der Waals surface area (Å²) in [4.78, 5) is 4.11. The summed E-state index contributed by atoms with van der Waals surface area (Å²) in [6, 6.07) is 11.1. The quantitative estimate of drug-likeness (QED) is 0.741. The van der Waals surface area contributed by atoms with E-state index in [4.69, 9.17) is 0 Å². The minimum Gasteiger partial charge on any atom is -0.507 e. The zero-order valence-corrected chi connectivity index (χ0v) is 7.94. The van der Waals surface area contributed by atoms with E-state index in [-0.39, 0.29) is 0 Å². The Kier molecular flexibility index (Phi) is 2.19. The van der Waals surface area contributed by atoms with Crippen molar-refractivity contribution in [3.8, 4) is 16.9 Å². The van der Waals surface area contributed by atoms with Crippen LogP contribution in [0.3, 0.4) is 0 Å². The summed E-state index contributed by atoms with van der Waals surface area (Å²) in [6.07, 6.45) is 1.75. The van der Waals surface area contributed by atoms with E-state index in [2.05, 4.69) is 4.98 Å². The van der Waals surface area contributed by atoms with Crippen LogP contribution in [0.25, 0.3) is 11.1 Å². The first-order chi connectivity index (χ1) is 6.77. The molecule has 70 valence electrons. The van der Waals surface area contributed by atoms with Crippen LogP contribution in [-0.4, -0.2) is 10.1 Å². The molecule has 0 atom stereocenters. The maximum absolute atomic E-state index is 9.63. The van der Waals surface area contributed by atoms with Crippen molar-refractivity contribution in [3.05, 3.63) is 48.3 Å². The summed E-state index contributed by atoms with van der Waals surface area (Å²) in [5.74, 6) is 0.304. The molecule has 0 unspecified atom stereocenters. The molecule has 2 nitrogen and oxygen atoms in total. The van der Waals surface area contributed by atoms with Crippen LogP contribution in [0.5, 0.6) is 5.75 Å². The van der Waals surface area contributed by atoms with Gasteiger partial charge in [0.05, 0.1) is 0 Å². The van der Waals surface area contributed by atoms with Crippen LogP contribution in [0.15, 0.2) is 42.6 Å². The smallest absolute Gasteiger partial charge is 0.123 e. The predicted molar refractivity (Wildman–Crippen MR) is 56.1 cm³/mol. The van der Waals surface area contributed by atoms with Crippen LogP contribution in [-0.2, 0) is 0 Å². The van der Waals surface area contributed by atoms with Crippen molar-refractivity contribution in [1.82, 2.24) is 4.98 Å². The van der Waals surface area contributed by atoms with Crippen LogP contribution < -0.4 is 0 Å². The summed E-state index contributed by atoms with van der Waals surface area (Å²) in [5, 5.41) is 9.63. The fourth-order valence-corrected chi connectivity index (χ4v) is 1.43. The van der Waals surface area contributed by atoms with Gasteiger partial charge in [-0.1, -0.05) is 18.2 Å². The van der Waals surface area contributed by atoms with Crippen molar-refractivity contribution in [2.24, 2.45) is 0 Å². The van der Waals surface area contributed by atoms with Gasteiger partial charge in [-0.2, -0.15) is 0 Å². The first-order valence-corrected chi connectivity index (χ1v) is 4.48. The highest BCUT2D eigenvalue weighted by atomic mass is 16.3. The van der Waals surface area contributed by atoms with Crippen molar-refractivity contribution in [3.63, 3.8) is 0 Å². The molecule has 2 rings (SSSR count). The van der Waals surface area contributed by atoms with E-state index in [0.29, 0.717) is 5.75 Å². The zero-order valence-electron chi connectivity index (χ0n) is 7.94. The molecule has 0 amide bonds. The van der Waals surface area contributed by atoms with Gasteiger partial charge in [0.25, 0.3) is 0 Å². The summed E-state index contributed by atoms with van der Waals surface area (Å²) in [5.41, 5.74) is 2.79. The number of aryl methyl sites for hydroxylation is 1. The lowest BCUT2D eigenvalue weighted by Gasteiger charge is -2.04. The second-order valence-electron chi connectivity index (χ2n) is 3.20. The largest absolute Gasteiger partial charge is 0.507 e. The van der Waals surface area contributed by atoms with Crippen LogP contribution in [0, 0.1) is 6.92 Å². The Balaban J connectivity index is 2.55. The van der Waals surface area contributed by atoms with Crippen LogP contribution in [0.1, 0.15) is 5.69 Å². The van der Waals surface area contributed by atoms with E-state index < -0.39 is 0 Å². The van der Waals surface area contributed by atoms with Gasteiger partial charge in [0, 0.05) is 17.5 Å². The number of rotatable bonds is 1. The van der Waals surface area contributed by atoms with Crippen molar-refractivity contribution in [2.75, 3.05) is 0 Å². The molecular formula is C12H11NO. The molecule has 0 spiro atoms. The highest BCUT2D eigenvalue weighted by Gasteiger charge is 2.02. The van der Waals surface area contributed by atoms with Gasteiger partial charge in [0.1, 0.15) is 5.75 Å². The number of hydrogen-bond donors (Lipinski definition) is 1. The lowest BCUT2D eigenvalue weighted by Crippen LogP contribution is -1.83. The molecule has 0 aliphatic rings. The average molecular weight is 185 g/mol. The lowest BCUT2D eigenvalue weighted by atomic mass is 10.1. The Bertz CT molecular complexity index is 452. The number of para-hydroxylation sites is 1. The predicted octanol–water partition coefficient (Wildman–Crippen LogP) is 2.76. The number of aromatic nitrogens is 1. The molecule has 1 aromatic carbocycles. The van der Waals surface area contributed by atoms with Gasteiger partial charge in [-0.25, -0.2) is 0 Å². The molecule has 1 N–H and O–H groups in total. The fourth-order valence-electron chi connectivity index (χ4n) is 1.43. The van der Waals surface area contributed by atoms with E-state index >= 15 is 0 Å². The Morgan fingerprint density at radius 3 is 2.64 bits per heavy atom. The molecule has 0 radical (unpaired) electrons. The molecule has 14 heavy (non-hydrogen) atoms. The number of benzene rings is 1. The number of pyridine rings is 1. The van der Waals surface area contributed by atoms with Gasteiger partial charge < -0.3 is 5.11 Å². The third-order valence-electron chi connectivity index (χ3n) is 2.11. The van der Waals surface area contributed by atoms with Crippen molar-refractivity contribution in [2.45, 2.75) is 6.92 Å². The molecule has 0 fully saturated rings. The normalized spacial score (nSPS) is 10.1. The molecule has 2 heteroatoms. The summed E-state index contributed by atoms with van der Waals surface area (Å²) < 4.78 is 0. The van der Waals surface area contributed by atoms with Crippen LogP contribution in [0.4, 0.5) is 0 Å². The Labute approximate surface area is 82.9 Å². The Hall–Kier alpha value is -1.83. The van der Waals surface area contributed by atoms with Crippen molar-refractivity contribution in [1.29, 1.82) is 0 Å². The molecule has 0 aliphatic heterocycles. The first kappa shape index (κ1) is 8.75. The van der Waals surface area contributed by atoms with Gasteiger partial charge in [0.15, 0.2) is 0 Å². The zero-order chi connectivity index (χ0) is 9.97. The number of nitrogens with zero attached hydrogens (tertiary/aromatic N) is 1. The van der Waals surface area contributed by atoms with Gasteiger partial charge >= 0.3 is 0 Å². The summed E-state index contributed by atoms with van der Waals surface area (Å²) in [7, 11) is 0. The maximum atomic E-state index is 9.63. The Morgan fingerprint density at radius 2 is 1.93 bits per heavy atom. The summed E-state index contributed by atoms with van der Waals surface area (Å²) in [6.45, 7) is 1.93. The first-order valence-electron chi connectivity index (χ1n) is 4.48. The molecule has 1 heterocycles. The molecule has 0 aliphatic carbocycles. The second-order valence-corrected chi connectivity index (χ2v) is 3.20. The average Bonchev–Trinajstić information content (AvgIpc) is 2.18. The van der Waals surface area contributed by atoms with Gasteiger partial charge in [-0.05, 0) is 30.7 Å². The van der Waals surface area contributed by atoms with E-state index in [1.165, 1.54) is 0 Å². The third-order valence-corrected chi connectivity index (χ3v) is 2.11. The van der Waals surface area contributed by atoms with Crippen LogP contribution in [0.2, 0.25) is 0 Å². The fraction of sp³-hybridized carbons (Fsp3) is 0.0833. The van der Waals surface area contributed by atoms with E-state index in [1.807, 2.05) is 37.3 Å².